The molecule has 0 saturated carbocycles. The maximum absolute atomic E-state index is 11.9. The number of hydrogen-bond donors (Lipinski definition) is 0. The Hall–Kier alpha value is -1.62. The molecule has 3 rings (SSSR count). The molecule has 2 aromatic rings. The number of hydrogen-bond acceptors (Lipinski definition) is 3. The lowest BCUT2D eigenvalue weighted by Gasteiger charge is -2.17. The molecular weight excluding hydrogens is 248 g/mol. The number of nitrogens with zero attached hydrogens (tertiary/aromatic N) is 2. The topological polar surface area (TPSA) is 52.0 Å². The first kappa shape index (κ1) is 11.5. The summed E-state index contributed by atoms with van der Waals surface area (Å²) in [5.41, 5.74) is 2.95. The Balaban J connectivity index is 2.15. The Labute approximate surface area is 106 Å². The summed E-state index contributed by atoms with van der Waals surface area (Å²) < 4.78 is 25.6. The largest absolute Gasteiger partial charge is 0.268 e. The van der Waals surface area contributed by atoms with E-state index >= 15 is 0 Å². The van der Waals surface area contributed by atoms with E-state index in [2.05, 4.69) is 5.10 Å². The lowest BCUT2D eigenvalue weighted by Crippen LogP contribution is -2.16. The van der Waals surface area contributed by atoms with Crippen LogP contribution in [0, 0.1) is 0 Å². The molecule has 1 aliphatic heterocycles. The highest BCUT2D eigenvalue weighted by Crippen LogP contribution is 2.29. The molecule has 94 valence electrons. The SMILES string of the molecule is Cn1nccc1-c1ccc2c(c1)CCCS2(=O)=O. The Bertz CT molecular complexity index is 702. The monoisotopic (exact) mass is 262 g/mol. The third-order valence-corrected chi connectivity index (χ3v) is 5.27. The first-order valence-electron chi connectivity index (χ1n) is 5.92. The minimum atomic E-state index is -3.06. The van der Waals surface area contributed by atoms with Crippen LogP contribution in [-0.2, 0) is 23.3 Å². The number of benzene rings is 1. The van der Waals surface area contributed by atoms with Gasteiger partial charge in [0.25, 0.3) is 0 Å². The van der Waals surface area contributed by atoms with Crippen LogP contribution < -0.4 is 0 Å². The first-order valence-corrected chi connectivity index (χ1v) is 7.57. The predicted molar refractivity (Wildman–Crippen MR) is 69.0 cm³/mol. The van der Waals surface area contributed by atoms with Crippen LogP contribution in [-0.4, -0.2) is 24.0 Å². The number of rotatable bonds is 1. The van der Waals surface area contributed by atoms with Crippen molar-refractivity contribution in [3.05, 3.63) is 36.0 Å². The van der Waals surface area contributed by atoms with E-state index in [1.165, 1.54) is 0 Å². The molecule has 0 radical (unpaired) electrons. The van der Waals surface area contributed by atoms with Gasteiger partial charge in [-0.3, -0.25) is 4.68 Å². The first-order chi connectivity index (χ1) is 8.58. The van der Waals surface area contributed by atoms with E-state index in [4.69, 9.17) is 0 Å². The fourth-order valence-corrected chi connectivity index (χ4v) is 4.04. The molecule has 0 N–H and O–H groups in total. The zero-order valence-corrected chi connectivity index (χ0v) is 10.9. The van der Waals surface area contributed by atoms with Crippen LogP contribution in [0.1, 0.15) is 12.0 Å². The Morgan fingerprint density at radius 3 is 2.83 bits per heavy atom. The summed E-state index contributed by atoms with van der Waals surface area (Å²) in [4.78, 5) is 0.500. The number of aryl methyl sites for hydroxylation is 2. The lowest BCUT2D eigenvalue weighted by molar-refractivity contribution is 0.586. The van der Waals surface area contributed by atoms with Gasteiger partial charge >= 0.3 is 0 Å². The molecule has 1 aromatic carbocycles. The van der Waals surface area contributed by atoms with Gasteiger partial charge in [0, 0.05) is 18.8 Å². The van der Waals surface area contributed by atoms with E-state index in [0.717, 1.165) is 23.2 Å². The van der Waals surface area contributed by atoms with Crippen LogP contribution in [0.3, 0.4) is 0 Å². The van der Waals surface area contributed by atoms with Gasteiger partial charge in [-0.05, 0) is 36.6 Å². The zero-order valence-electron chi connectivity index (χ0n) is 10.1. The molecular formula is C13H14N2O2S. The fourth-order valence-electron chi connectivity index (χ4n) is 2.46. The van der Waals surface area contributed by atoms with Crippen molar-refractivity contribution < 1.29 is 8.42 Å². The molecule has 0 amide bonds. The molecule has 4 nitrogen and oxygen atoms in total. The standard InChI is InChI=1S/C13H14N2O2S/c1-15-12(6-7-14-15)10-4-5-13-11(9-10)3-2-8-18(13,16)17/h4-7,9H,2-3,8H2,1H3. The second-order valence-corrected chi connectivity index (χ2v) is 6.66. The number of aromatic nitrogens is 2. The van der Waals surface area contributed by atoms with Crippen LogP contribution in [0.2, 0.25) is 0 Å². The molecule has 18 heavy (non-hydrogen) atoms. The Kier molecular flexibility index (Phi) is 2.52. The molecule has 0 atom stereocenters. The summed E-state index contributed by atoms with van der Waals surface area (Å²) in [6.07, 6.45) is 3.29. The minimum absolute atomic E-state index is 0.269. The minimum Gasteiger partial charge on any atom is -0.268 e. The van der Waals surface area contributed by atoms with Crippen molar-refractivity contribution >= 4 is 9.84 Å². The maximum atomic E-state index is 11.9. The average Bonchev–Trinajstić information content (AvgIpc) is 2.74. The third-order valence-electron chi connectivity index (χ3n) is 3.37. The van der Waals surface area contributed by atoms with Crippen molar-refractivity contribution in [2.45, 2.75) is 17.7 Å². The quantitative estimate of drug-likeness (QED) is 0.787. The van der Waals surface area contributed by atoms with Crippen molar-refractivity contribution in [3.8, 4) is 11.3 Å². The van der Waals surface area contributed by atoms with Gasteiger partial charge in [0.2, 0.25) is 0 Å². The summed E-state index contributed by atoms with van der Waals surface area (Å²) in [5, 5.41) is 4.13. The number of fused-ring (bicyclic) bond motifs is 1. The Morgan fingerprint density at radius 2 is 2.11 bits per heavy atom. The molecule has 0 saturated heterocycles. The van der Waals surface area contributed by atoms with Gasteiger partial charge in [-0.15, -0.1) is 0 Å². The molecule has 5 heteroatoms. The van der Waals surface area contributed by atoms with E-state index in [9.17, 15) is 8.42 Å². The second-order valence-electron chi connectivity index (χ2n) is 4.58. The maximum Gasteiger partial charge on any atom is 0.178 e. The number of sulfone groups is 1. The van der Waals surface area contributed by atoms with Crippen molar-refractivity contribution in [2.75, 3.05) is 5.75 Å². The normalized spacial score (nSPS) is 17.4. The summed E-state index contributed by atoms with van der Waals surface area (Å²) in [6, 6.07) is 7.49. The molecule has 1 aromatic heterocycles. The van der Waals surface area contributed by atoms with Crippen LogP contribution in [0.5, 0.6) is 0 Å². The van der Waals surface area contributed by atoms with Gasteiger partial charge in [0.05, 0.1) is 16.3 Å². The van der Waals surface area contributed by atoms with E-state index in [0.29, 0.717) is 11.3 Å². The van der Waals surface area contributed by atoms with Crippen molar-refractivity contribution in [3.63, 3.8) is 0 Å². The summed E-state index contributed by atoms with van der Waals surface area (Å²) in [6.45, 7) is 0. The van der Waals surface area contributed by atoms with Crippen LogP contribution in [0.15, 0.2) is 35.4 Å². The van der Waals surface area contributed by atoms with Crippen LogP contribution in [0.4, 0.5) is 0 Å². The molecule has 0 spiro atoms. The van der Waals surface area contributed by atoms with Crippen LogP contribution >= 0.6 is 0 Å². The highest BCUT2D eigenvalue weighted by atomic mass is 32.2. The van der Waals surface area contributed by atoms with Gasteiger partial charge in [0.1, 0.15) is 0 Å². The van der Waals surface area contributed by atoms with Gasteiger partial charge in [-0.1, -0.05) is 6.07 Å². The van der Waals surface area contributed by atoms with E-state index in [1.807, 2.05) is 25.2 Å². The lowest BCUT2D eigenvalue weighted by atomic mass is 10.0. The molecule has 0 aliphatic carbocycles. The Morgan fingerprint density at radius 1 is 1.28 bits per heavy atom. The zero-order chi connectivity index (χ0) is 12.8. The molecule has 0 fully saturated rings. The van der Waals surface area contributed by atoms with Crippen molar-refractivity contribution in [1.29, 1.82) is 0 Å². The summed E-state index contributed by atoms with van der Waals surface area (Å²) in [5.74, 6) is 0.269. The van der Waals surface area contributed by atoms with E-state index < -0.39 is 9.84 Å². The van der Waals surface area contributed by atoms with Crippen LogP contribution in [0.25, 0.3) is 11.3 Å². The fraction of sp³-hybridized carbons (Fsp3) is 0.308. The van der Waals surface area contributed by atoms with Gasteiger partial charge in [-0.25, -0.2) is 8.42 Å². The third kappa shape index (κ3) is 1.75. The van der Waals surface area contributed by atoms with Gasteiger partial charge in [-0.2, -0.15) is 5.10 Å². The molecule has 0 bridgehead atoms. The van der Waals surface area contributed by atoms with Gasteiger partial charge < -0.3 is 0 Å². The predicted octanol–water partition coefficient (Wildman–Crippen LogP) is 1.81. The highest BCUT2D eigenvalue weighted by Gasteiger charge is 2.23. The van der Waals surface area contributed by atoms with E-state index in [-0.39, 0.29) is 5.75 Å². The summed E-state index contributed by atoms with van der Waals surface area (Å²) in [7, 11) is -1.18. The molecule has 2 heterocycles. The smallest absolute Gasteiger partial charge is 0.178 e. The average molecular weight is 262 g/mol. The van der Waals surface area contributed by atoms with Crippen molar-refractivity contribution in [2.24, 2.45) is 7.05 Å². The second kappa shape index (κ2) is 3.95. The van der Waals surface area contributed by atoms with Crippen molar-refractivity contribution in [1.82, 2.24) is 9.78 Å². The van der Waals surface area contributed by atoms with Gasteiger partial charge in [0.15, 0.2) is 9.84 Å². The molecule has 0 unspecified atom stereocenters. The van der Waals surface area contributed by atoms with E-state index in [1.54, 1.807) is 16.9 Å². The highest BCUT2D eigenvalue weighted by molar-refractivity contribution is 7.91. The summed E-state index contributed by atoms with van der Waals surface area (Å²) >= 11 is 0. The molecule has 1 aliphatic rings.